The van der Waals surface area contributed by atoms with E-state index in [4.69, 9.17) is 11.6 Å². The van der Waals surface area contributed by atoms with Gasteiger partial charge in [-0.1, -0.05) is 6.42 Å². The van der Waals surface area contributed by atoms with E-state index in [2.05, 4.69) is 25.6 Å². The molecule has 0 amide bonds. The Kier molecular flexibility index (Phi) is 4.64. The molecule has 1 aromatic rings. The monoisotopic (exact) mass is 352 g/mol. The minimum Gasteiger partial charge on any atom is -0.262 e. The van der Waals surface area contributed by atoms with Gasteiger partial charge in [0.25, 0.3) is 0 Å². The largest absolute Gasteiger partial charge is 0.262 e. The summed E-state index contributed by atoms with van der Waals surface area (Å²) in [6.07, 6.45) is 5.89. The van der Waals surface area contributed by atoms with Crippen molar-refractivity contribution in [2.45, 2.75) is 29.5 Å². The zero-order valence-corrected chi connectivity index (χ0v) is 12.8. The first-order valence-corrected chi connectivity index (χ1v) is 8.44. The normalized spacial score (nSPS) is 24.3. The van der Waals surface area contributed by atoms with Crippen molar-refractivity contribution >= 4 is 37.6 Å². The smallest absolute Gasteiger partial charge is 0.242 e. The molecule has 100 valence electrons. The van der Waals surface area contributed by atoms with Gasteiger partial charge >= 0.3 is 0 Å². The molecule has 0 saturated heterocycles. The van der Waals surface area contributed by atoms with E-state index >= 15 is 0 Å². The predicted octanol–water partition coefficient (Wildman–Crippen LogP) is 2.53. The van der Waals surface area contributed by atoms with Gasteiger partial charge in [0.15, 0.2) is 0 Å². The Balaban J connectivity index is 2.03. The lowest BCUT2D eigenvalue weighted by Crippen LogP contribution is -2.31. The molecular formula is C11H14BrClN2O2S. The van der Waals surface area contributed by atoms with Gasteiger partial charge in [0.05, 0.1) is 0 Å². The second-order valence-corrected chi connectivity index (χ2v) is 7.64. The van der Waals surface area contributed by atoms with Crippen molar-refractivity contribution in [3.05, 3.63) is 22.9 Å². The number of aromatic nitrogens is 1. The van der Waals surface area contributed by atoms with E-state index in [9.17, 15) is 8.42 Å². The molecular weight excluding hydrogens is 340 g/mol. The van der Waals surface area contributed by atoms with Crippen LogP contribution in [0.4, 0.5) is 0 Å². The molecule has 1 heterocycles. The third-order valence-corrected chi connectivity index (χ3v) is 5.49. The molecule has 1 aromatic heterocycles. The molecule has 2 unspecified atom stereocenters. The summed E-state index contributed by atoms with van der Waals surface area (Å²) in [7, 11) is -3.49. The van der Waals surface area contributed by atoms with Gasteiger partial charge in [0.1, 0.15) is 4.90 Å². The van der Waals surface area contributed by atoms with Crippen molar-refractivity contribution in [2.75, 3.05) is 6.54 Å². The highest BCUT2D eigenvalue weighted by Crippen LogP contribution is 2.29. The third-order valence-electron chi connectivity index (χ3n) is 3.09. The molecule has 1 saturated carbocycles. The molecule has 7 heteroatoms. The zero-order chi connectivity index (χ0) is 13.2. The average Bonchev–Trinajstić information content (AvgIpc) is 2.72. The van der Waals surface area contributed by atoms with E-state index in [1.54, 1.807) is 6.20 Å². The Bertz CT molecular complexity index is 524. The molecule has 0 bridgehead atoms. The van der Waals surface area contributed by atoms with E-state index < -0.39 is 10.0 Å². The third kappa shape index (κ3) is 3.44. The Hall–Kier alpha value is -0.170. The van der Waals surface area contributed by atoms with Gasteiger partial charge in [-0.25, -0.2) is 13.1 Å². The minimum atomic E-state index is -3.49. The fourth-order valence-corrected chi connectivity index (χ4v) is 4.03. The number of rotatable bonds is 4. The van der Waals surface area contributed by atoms with Crippen LogP contribution in [0.5, 0.6) is 0 Å². The van der Waals surface area contributed by atoms with Gasteiger partial charge in [-0.15, -0.1) is 11.6 Å². The van der Waals surface area contributed by atoms with Crippen molar-refractivity contribution in [1.82, 2.24) is 9.71 Å². The molecule has 18 heavy (non-hydrogen) atoms. The maximum absolute atomic E-state index is 12.0. The number of pyridine rings is 1. The van der Waals surface area contributed by atoms with Gasteiger partial charge in [-0.3, -0.25) is 4.98 Å². The lowest BCUT2D eigenvalue weighted by molar-refractivity contribution is 0.523. The predicted molar refractivity (Wildman–Crippen MR) is 74.1 cm³/mol. The van der Waals surface area contributed by atoms with Crippen LogP contribution in [0.3, 0.4) is 0 Å². The minimum absolute atomic E-state index is 0.0772. The number of sulfonamides is 1. The highest BCUT2D eigenvalue weighted by Gasteiger charge is 2.27. The lowest BCUT2D eigenvalue weighted by Gasteiger charge is -2.14. The van der Waals surface area contributed by atoms with Crippen molar-refractivity contribution in [3.8, 4) is 0 Å². The fourth-order valence-electron chi connectivity index (χ4n) is 2.06. The topological polar surface area (TPSA) is 59.1 Å². The van der Waals surface area contributed by atoms with Crippen molar-refractivity contribution in [1.29, 1.82) is 0 Å². The van der Waals surface area contributed by atoms with Crippen LogP contribution in [0.2, 0.25) is 0 Å². The van der Waals surface area contributed by atoms with E-state index in [0.29, 0.717) is 11.0 Å². The Labute approximate surface area is 120 Å². The number of hydrogen-bond donors (Lipinski definition) is 1. The average molecular weight is 354 g/mol. The van der Waals surface area contributed by atoms with Crippen LogP contribution in [-0.2, 0) is 10.0 Å². The Morgan fingerprint density at radius 2 is 2.22 bits per heavy atom. The van der Waals surface area contributed by atoms with Crippen molar-refractivity contribution < 1.29 is 8.42 Å². The van der Waals surface area contributed by atoms with Crippen LogP contribution in [0.15, 0.2) is 27.8 Å². The summed E-state index contributed by atoms with van der Waals surface area (Å²) in [5.74, 6) is 0.224. The van der Waals surface area contributed by atoms with Crippen LogP contribution in [0.25, 0.3) is 0 Å². The highest BCUT2D eigenvalue weighted by molar-refractivity contribution is 9.10. The van der Waals surface area contributed by atoms with Gasteiger partial charge in [-0.2, -0.15) is 0 Å². The molecule has 1 fully saturated rings. The zero-order valence-electron chi connectivity index (χ0n) is 9.64. The quantitative estimate of drug-likeness (QED) is 0.846. The summed E-state index contributed by atoms with van der Waals surface area (Å²) in [6.45, 7) is 0.392. The summed E-state index contributed by atoms with van der Waals surface area (Å²) in [5, 5.41) is 0.0772. The van der Waals surface area contributed by atoms with Crippen molar-refractivity contribution in [2.24, 2.45) is 5.92 Å². The summed E-state index contributed by atoms with van der Waals surface area (Å²) in [6, 6.07) is 1.53. The molecule has 2 rings (SSSR count). The molecule has 2 atom stereocenters. The van der Waals surface area contributed by atoms with Crippen molar-refractivity contribution in [3.63, 3.8) is 0 Å². The molecule has 0 spiro atoms. The molecule has 0 aromatic carbocycles. The molecule has 1 N–H and O–H groups in total. The Morgan fingerprint density at radius 1 is 1.44 bits per heavy atom. The van der Waals surface area contributed by atoms with E-state index in [-0.39, 0.29) is 16.2 Å². The maximum atomic E-state index is 12.0. The first-order chi connectivity index (χ1) is 8.49. The first kappa shape index (κ1) is 14.2. The van der Waals surface area contributed by atoms with Crippen LogP contribution in [0.1, 0.15) is 19.3 Å². The molecule has 0 aliphatic heterocycles. The van der Waals surface area contributed by atoms with E-state index in [1.807, 2.05) is 0 Å². The summed E-state index contributed by atoms with van der Waals surface area (Å²) < 4.78 is 27.3. The van der Waals surface area contributed by atoms with Crippen LogP contribution in [0, 0.1) is 5.92 Å². The number of halogens is 2. The van der Waals surface area contributed by atoms with Gasteiger partial charge in [-0.05, 0) is 40.8 Å². The van der Waals surface area contributed by atoms with Gasteiger partial charge in [0, 0.05) is 28.8 Å². The highest BCUT2D eigenvalue weighted by atomic mass is 79.9. The molecule has 0 radical (unpaired) electrons. The second-order valence-electron chi connectivity index (χ2n) is 4.40. The number of nitrogens with zero attached hydrogens (tertiary/aromatic N) is 1. The second kappa shape index (κ2) is 5.86. The number of nitrogens with one attached hydrogen (secondary N) is 1. The first-order valence-electron chi connectivity index (χ1n) is 5.73. The van der Waals surface area contributed by atoms with E-state index in [1.165, 1.54) is 12.3 Å². The van der Waals surface area contributed by atoms with Crippen LogP contribution < -0.4 is 4.72 Å². The van der Waals surface area contributed by atoms with Crippen LogP contribution in [-0.4, -0.2) is 25.3 Å². The SMILES string of the molecule is O=S(=O)(NCC1CCCC1Cl)c1cncc(Br)c1. The molecule has 4 nitrogen and oxygen atoms in total. The van der Waals surface area contributed by atoms with Gasteiger partial charge in [0.2, 0.25) is 10.0 Å². The lowest BCUT2D eigenvalue weighted by atomic mass is 10.1. The molecule has 1 aliphatic carbocycles. The summed E-state index contributed by atoms with van der Waals surface area (Å²) >= 11 is 9.33. The standard InChI is InChI=1S/C11H14BrClN2O2S/c12-9-4-10(7-14-6-9)18(16,17)15-5-8-2-1-3-11(8)13/h4,6-8,11,15H,1-3,5H2. The number of alkyl halides is 1. The number of hydrogen-bond acceptors (Lipinski definition) is 3. The van der Waals surface area contributed by atoms with Crippen LogP contribution >= 0.6 is 27.5 Å². The summed E-state index contributed by atoms with van der Waals surface area (Å²) in [4.78, 5) is 4.02. The van der Waals surface area contributed by atoms with E-state index in [0.717, 1.165) is 19.3 Å². The molecule has 1 aliphatic rings. The fraction of sp³-hybridized carbons (Fsp3) is 0.545. The Morgan fingerprint density at radius 3 is 2.83 bits per heavy atom. The maximum Gasteiger partial charge on any atom is 0.242 e. The van der Waals surface area contributed by atoms with Gasteiger partial charge < -0.3 is 0 Å². The summed E-state index contributed by atoms with van der Waals surface area (Å²) in [5.41, 5.74) is 0.